The van der Waals surface area contributed by atoms with Crippen LogP contribution in [0, 0.1) is 11.8 Å². The van der Waals surface area contributed by atoms with Gasteiger partial charge in [-0.25, -0.2) is 0 Å². The molecule has 2 fully saturated rings. The van der Waals surface area contributed by atoms with Crippen LogP contribution in [0.4, 0.5) is 0 Å². The molecule has 0 spiro atoms. The number of carbonyl (C=O) groups excluding carboxylic acids is 3. The van der Waals surface area contributed by atoms with E-state index in [0.717, 1.165) is 6.42 Å². The third-order valence-electron chi connectivity index (χ3n) is 4.11. The van der Waals surface area contributed by atoms with Crippen LogP contribution in [0.1, 0.15) is 20.3 Å². The maximum absolute atomic E-state index is 12.3. The molecule has 0 aromatic heterocycles. The summed E-state index contributed by atoms with van der Waals surface area (Å²) in [5, 5.41) is 15.5. The molecule has 3 N–H and O–H groups in total. The van der Waals surface area contributed by atoms with Gasteiger partial charge < -0.3 is 25.2 Å². The van der Waals surface area contributed by atoms with Crippen LogP contribution >= 0.6 is 0 Å². The fraction of sp³-hybridized carbons (Fsp3) is 0.786. The zero-order valence-electron chi connectivity index (χ0n) is 12.9. The first kappa shape index (κ1) is 16.7. The second-order valence-corrected chi connectivity index (χ2v) is 5.59. The van der Waals surface area contributed by atoms with Gasteiger partial charge in [-0.3, -0.25) is 14.4 Å². The standard InChI is InChI=1S/C14H22N2O6/c1-4-5-16-14(20)7-8(13(19)15-3)11-12(21-6(2)17)9(18)10(7)22-11/h7-12,18H,4-5H2,1-3H3,(H,15,19)(H,16,20)/t7?,8?,9?,10?,11-,12-/m0/s1. The number of hydrogen-bond acceptors (Lipinski definition) is 6. The molecule has 2 bridgehead atoms. The van der Waals surface area contributed by atoms with Crippen LogP contribution in [0.2, 0.25) is 0 Å². The Morgan fingerprint density at radius 2 is 1.82 bits per heavy atom. The molecule has 2 aliphatic heterocycles. The Kier molecular flexibility index (Phi) is 5.02. The highest BCUT2D eigenvalue weighted by atomic mass is 16.6. The summed E-state index contributed by atoms with van der Waals surface area (Å²) in [6.07, 6.45) is -2.96. The van der Waals surface area contributed by atoms with Gasteiger partial charge in [0, 0.05) is 20.5 Å². The van der Waals surface area contributed by atoms with E-state index in [9.17, 15) is 19.5 Å². The Morgan fingerprint density at radius 1 is 1.18 bits per heavy atom. The predicted octanol–water partition coefficient (Wildman–Crippen LogP) is -1.44. The Hall–Kier alpha value is -1.67. The number of rotatable bonds is 5. The quantitative estimate of drug-likeness (QED) is 0.536. The molecule has 0 aromatic rings. The Labute approximate surface area is 128 Å². The Bertz CT molecular complexity index is 468. The fourth-order valence-corrected chi connectivity index (χ4v) is 3.20. The maximum Gasteiger partial charge on any atom is 0.303 e. The van der Waals surface area contributed by atoms with Gasteiger partial charge >= 0.3 is 5.97 Å². The van der Waals surface area contributed by atoms with E-state index in [1.54, 1.807) is 0 Å². The summed E-state index contributed by atoms with van der Waals surface area (Å²) in [4.78, 5) is 35.6. The SMILES string of the molecule is CCCNC(=O)C1C2O[C@@H](C1C(=O)NC)[C@@H](OC(C)=O)C2O. The number of aliphatic hydroxyl groups excluding tert-OH is 1. The molecule has 2 aliphatic rings. The van der Waals surface area contributed by atoms with Crippen LogP contribution in [0.3, 0.4) is 0 Å². The molecular weight excluding hydrogens is 292 g/mol. The van der Waals surface area contributed by atoms with Crippen LogP contribution in [0.25, 0.3) is 0 Å². The molecule has 22 heavy (non-hydrogen) atoms. The molecule has 2 saturated heterocycles. The zero-order valence-corrected chi connectivity index (χ0v) is 12.9. The van der Waals surface area contributed by atoms with Crippen molar-refractivity contribution in [3.8, 4) is 0 Å². The summed E-state index contributed by atoms with van der Waals surface area (Å²) in [5.41, 5.74) is 0. The van der Waals surface area contributed by atoms with E-state index < -0.39 is 42.2 Å². The first-order valence-corrected chi connectivity index (χ1v) is 7.42. The van der Waals surface area contributed by atoms with Crippen molar-refractivity contribution in [2.75, 3.05) is 13.6 Å². The maximum atomic E-state index is 12.3. The van der Waals surface area contributed by atoms with Gasteiger partial charge in [0.1, 0.15) is 18.3 Å². The van der Waals surface area contributed by atoms with Gasteiger partial charge in [-0.15, -0.1) is 0 Å². The monoisotopic (exact) mass is 314 g/mol. The van der Waals surface area contributed by atoms with Crippen molar-refractivity contribution in [2.24, 2.45) is 11.8 Å². The first-order valence-electron chi connectivity index (χ1n) is 7.42. The topological polar surface area (TPSA) is 114 Å². The van der Waals surface area contributed by atoms with E-state index in [1.165, 1.54) is 14.0 Å². The van der Waals surface area contributed by atoms with Crippen molar-refractivity contribution in [1.82, 2.24) is 10.6 Å². The highest BCUT2D eigenvalue weighted by Crippen LogP contribution is 2.45. The van der Waals surface area contributed by atoms with E-state index in [2.05, 4.69) is 10.6 Å². The van der Waals surface area contributed by atoms with Crippen molar-refractivity contribution < 1.29 is 29.0 Å². The number of hydrogen-bond donors (Lipinski definition) is 3. The molecule has 4 unspecified atom stereocenters. The average molecular weight is 314 g/mol. The number of ether oxygens (including phenoxy) is 2. The summed E-state index contributed by atoms with van der Waals surface area (Å²) in [6, 6.07) is 0. The highest BCUT2D eigenvalue weighted by molar-refractivity contribution is 5.89. The molecule has 124 valence electrons. The smallest absolute Gasteiger partial charge is 0.303 e. The molecule has 2 heterocycles. The second-order valence-electron chi connectivity index (χ2n) is 5.59. The molecule has 0 radical (unpaired) electrons. The molecular formula is C14H22N2O6. The van der Waals surface area contributed by atoms with Gasteiger partial charge in [-0.1, -0.05) is 6.92 Å². The van der Waals surface area contributed by atoms with E-state index in [4.69, 9.17) is 9.47 Å². The normalized spacial score (nSPS) is 36.0. The van der Waals surface area contributed by atoms with E-state index in [1.807, 2.05) is 6.92 Å². The highest BCUT2D eigenvalue weighted by Gasteiger charge is 2.65. The largest absolute Gasteiger partial charge is 0.457 e. The Balaban J connectivity index is 2.23. The summed E-state index contributed by atoms with van der Waals surface area (Å²) in [7, 11) is 1.46. The van der Waals surface area contributed by atoms with E-state index in [-0.39, 0.29) is 11.8 Å². The van der Waals surface area contributed by atoms with Crippen LogP contribution in [0.15, 0.2) is 0 Å². The number of fused-ring (bicyclic) bond motifs is 2. The molecule has 8 heteroatoms. The minimum Gasteiger partial charge on any atom is -0.457 e. The summed E-state index contributed by atoms with van der Waals surface area (Å²) in [5.74, 6) is -2.85. The minimum absolute atomic E-state index is 0.330. The second kappa shape index (κ2) is 6.62. The van der Waals surface area contributed by atoms with Crippen molar-refractivity contribution in [2.45, 2.75) is 44.7 Å². The fourth-order valence-electron chi connectivity index (χ4n) is 3.20. The van der Waals surface area contributed by atoms with Gasteiger partial charge in [0.05, 0.1) is 11.8 Å². The van der Waals surface area contributed by atoms with E-state index >= 15 is 0 Å². The zero-order chi connectivity index (χ0) is 16.4. The third kappa shape index (κ3) is 2.80. The summed E-state index contributed by atoms with van der Waals surface area (Å²) < 4.78 is 10.7. The molecule has 0 aliphatic carbocycles. The lowest BCUT2D eigenvalue weighted by Crippen LogP contribution is -2.56. The summed E-state index contributed by atoms with van der Waals surface area (Å²) in [6.45, 7) is 3.62. The van der Waals surface area contributed by atoms with Gasteiger partial charge in [0.2, 0.25) is 11.8 Å². The molecule has 0 saturated carbocycles. The van der Waals surface area contributed by atoms with Crippen LogP contribution in [0.5, 0.6) is 0 Å². The van der Waals surface area contributed by atoms with Crippen LogP contribution in [-0.4, -0.2) is 60.9 Å². The van der Waals surface area contributed by atoms with E-state index in [0.29, 0.717) is 6.54 Å². The van der Waals surface area contributed by atoms with Gasteiger partial charge in [0.25, 0.3) is 0 Å². The molecule has 6 atom stereocenters. The number of aliphatic hydroxyl groups is 1. The molecule has 2 amide bonds. The van der Waals surface area contributed by atoms with Crippen molar-refractivity contribution in [3.05, 3.63) is 0 Å². The lowest BCUT2D eigenvalue weighted by atomic mass is 9.75. The Morgan fingerprint density at radius 3 is 2.36 bits per heavy atom. The summed E-state index contributed by atoms with van der Waals surface area (Å²) >= 11 is 0. The average Bonchev–Trinajstić information content (AvgIpc) is 3.00. The molecule has 2 rings (SSSR count). The van der Waals surface area contributed by atoms with Gasteiger partial charge in [0.15, 0.2) is 6.10 Å². The van der Waals surface area contributed by atoms with Crippen molar-refractivity contribution in [1.29, 1.82) is 0 Å². The minimum atomic E-state index is -1.12. The lowest BCUT2D eigenvalue weighted by Gasteiger charge is -2.33. The third-order valence-corrected chi connectivity index (χ3v) is 4.11. The predicted molar refractivity (Wildman–Crippen MR) is 74.6 cm³/mol. The number of amides is 2. The number of nitrogens with one attached hydrogen (secondary N) is 2. The van der Waals surface area contributed by atoms with Gasteiger partial charge in [-0.2, -0.15) is 0 Å². The number of carbonyl (C=O) groups is 3. The van der Waals surface area contributed by atoms with Crippen molar-refractivity contribution >= 4 is 17.8 Å². The molecule has 0 aromatic carbocycles. The van der Waals surface area contributed by atoms with Crippen LogP contribution < -0.4 is 10.6 Å². The lowest BCUT2D eigenvalue weighted by molar-refractivity contribution is -0.159. The molecule has 8 nitrogen and oxygen atoms in total. The first-order chi connectivity index (χ1) is 10.4. The van der Waals surface area contributed by atoms with Crippen molar-refractivity contribution in [3.63, 3.8) is 0 Å². The van der Waals surface area contributed by atoms with Crippen LogP contribution in [-0.2, 0) is 23.9 Å². The number of esters is 1. The van der Waals surface area contributed by atoms with Gasteiger partial charge in [-0.05, 0) is 6.42 Å².